The molecule has 2 nitrogen and oxygen atoms in total. The monoisotopic (exact) mass is 268 g/mol. The summed E-state index contributed by atoms with van der Waals surface area (Å²) in [5, 5.41) is 0. The Balaban J connectivity index is 1.76. The second-order valence-electron chi connectivity index (χ2n) is 6.79. The molecule has 0 aromatic carbocycles. The van der Waals surface area contributed by atoms with Crippen molar-refractivity contribution < 1.29 is 0 Å². The molecule has 1 aliphatic heterocycles. The van der Waals surface area contributed by atoms with Crippen molar-refractivity contribution in [3.05, 3.63) is 0 Å². The van der Waals surface area contributed by atoms with Crippen LogP contribution in [-0.2, 0) is 0 Å². The lowest BCUT2D eigenvalue weighted by atomic mass is 9.85. The SMILES string of the molecule is CC(C)(CCCN1CCC2CCCCC21)C(N)=S. The van der Waals surface area contributed by atoms with Crippen LogP contribution in [0.25, 0.3) is 0 Å². The lowest BCUT2D eigenvalue weighted by Gasteiger charge is -2.32. The van der Waals surface area contributed by atoms with Gasteiger partial charge in [-0.05, 0) is 51.1 Å². The van der Waals surface area contributed by atoms with Gasteiger partial charge in [0.25, 0.3) is 0 Å². The van der Waals surface area contributed by atoms with E-state index in [0.717, 1.165) is 18.4 Å². The van der Waals surface area contributed by atoms with Crippen LogP contribution in [0.5, 0.6) is 0 Å². The van der Waals surface area contributed by atoms with E-state index in [0.29, 0.717) is 4.99 Å². The van der Waals surface area contributed by atoms with Crippen LogP contribution in [0.3, 0.4) is 0 Å². The van der Waals surface area contributed by atoms with Gasteiger partial charge in [-0.2, -0.15) is 0 Å². The Hall–Kier alpha value is -0.150. The van der Waals surface area contributed by atoms with E-state index < -0.39 is 0 Å². The van der Waals surface area contributed by atoms with Gasteiger partial charge in [0, 0.05) is 11.5 Å². The van der Waals surface area contributed by atoms with Gasteiger partial charge in [-0.15, -0.1) is 0 Å². The molecule has 2 rings (SSSR count). The van der Waals surface area contributed by atoms with Crippen molar-refractivity contribution in [2.24, 2.45) is 17.1 Å². The average molecular weight is 268 g/mol. The number of likely N-dealkylation sites (tertiary alicyclic amines) is 1. The van der Waals surface area contributed by atoms with E-state index in [9.17, 15) is 0 Å². The summed E-state index contributed by atoms with van der Waals surface area (Å²) in [6, 6.07) is 0.895. The van der Waals surface area contributed by atoms with E-state index in [1.165, 1.54) is 51.6 Å². The highest BCUT2D eigenvalue weighted by atomic mass is 32.1. The maximum Gasteiger partial charge on any atom is 0.0784 e. The fraction of sp³-hybridized carbons (Fsp3) is 0.933. The van der Waals surface area contributed by atoms with Gasteiger partial charge in [0.1, 0.15) is 0 Å². The zero-order chi connectivity index (χ0) is 13.2. The smallest absolute Gasteiger partial charge is 0.0784 e. The molecule has 1 saturated carbocycles. The van der Waals surface area contributed by atoms with Crippen LogP contribution in [0.4, 0.5) is 0 Å². The third kappa shape index (κ3) is 3.24. The van der Waals surface area contributed by atoms with E-state index in [1.807, 2.05) is 0 Å². The van der Waals surface area contributed by atoms with E-state index in [2.05, 4.69) is 18.7 Å². The Kier molecular flexibility index (Phi) is 4.65. The largest absolute Gasteiger partial charge is 0.393 e. The van der Waals surface area contributed by atoms with E-state index in [1.54, 1.807) is 0 Å². The number of fused-ring (bicyclic) bond motifs is 1. The standard InChI is InChI=1S/C15H28N2S/c1-15(2,14(16)18)9-5-10-17-11-8-12-6-3-4-7-13(12)17/h12-13H,3-11H2,1-2H3,(H2,16,18). The molecule has 104 valence electrons. The molecule has 0 aromatic rings. The Labute approximate surface area is 117 Å². The molecule has 18 heavy (non-hydrogen) atoms. The number of nitrogens with zero attached hydrogens (tertiary/aromatic N) is 1. The maximum atomic E-state index is 5.79. The van der Waals surface area contributed by atoms with Crippen LogP contribution in [0.2, 0.25) is 0 Å². The molecule has 1 aliphatic carbocycles. The summed E-state index contributed by atoms with van der Waals surface area (Å²) in [7, 11) is 0. The van der Waals surface area contributed by atoms with Gasteiger partial charge in [0.2, 0.25) is 0 Å². The third-order valence-corrected chi connectivity index (χ3v) is 5.59. The van der Waals surface area contributed by atoms with Crippen LogP contribution in [0.15, 0.2) is 0 Å². The zero-order valence-corrected chi connectivity index (χ0v) is 12.8. The molecule has 1 heterocycles. The van der Waals surface area contributed by atoms with Gasteiger partial charge in [-0.25, -0.2) is 0 Å². The van der Waals surface area contributed by atoms with Crippen molar-refractivity contribution in [1.82, 2.24) is 4.90 Å². The first kappa shape index (κ1) is 14.3. The summed E-state index contributed by atoms with van der Waals surface area (Å²) in [5.41, 5.74) is 5.82. The predicted octanol–water partition coefficient (Wildman–Crippen LogP) is 3.34. The van der Waals surface area contributed by atoms with Crippen molar-refractivity contribution in [3.8, 4) is 0 Å². The van der Waals surface area contributed by atoms with Crippen molar-refractivity contribution in [2.45, 2.75) is 64.8 Å². The van der Waals surface area contributed by atoms with Gasteiger partial charge in [-0.3, -0.25) is 0 Å². The topological polar surface area (TPSA) is 29.3 Å². The van der Waals surface area contributed by atoms with Crippen molar-refractivity contribution in [2.75, 3.05) is 13.1 Å². The number of rotatable bonds is 5. The number of nitrogens with two attached hydrogens (primary N) is 1. The van der Waals surface area contributed by atoms with Gasteiger partial charge in [-0.1, -0.05) is 38.9 Å². The van der Waals surface area contributed by atoms with Crippen molar-refractivity contribution >= 4 is 17.2 Å². The molecular weight excluding hydrogens is 240 g/mol. The quantitative estimate of drug-likeness (QED) is 0.775. The van der Waals surface area contributed by atoms with Gasteiger partial charge >= 0.3 is 0 Å². The first-order valence-corrected chi connectivity index (χ1v) is 7.95. The summed E-state index contributed by atoms with van der Waals surface area (Å²) < 4.78 is 0. The molecule has 0 radical (unpaired) electrons. The molecule has 2 unspecified atom stereocenters. The maximum absolute atomic E-state index is 5.79. The van der Waals surface area contributed by atoms with Crippen LogP contribution in [0.1, 0.15) is 58.8 Å². The number of thiocarbonyl (C=S) groups is 1. The summed E-state index contributed by atoms with van der Waals surface area (Å²) in [6.45, 7) is 6.90. The van der Waals surface area contributed by atoms with Gasteiger partial charge in [0.15, 0.2) is 0 Å². The van der Waals surface area contributed by atoms with Gasteiger partial charge < -0.3 is 10.6 Å². The first-order valence-electron chi connectivity index (χ1n) is 7.55. The second kappa shape index (κ2) is 5.87. The van der Waals surface area contributed by atoms with Crippen LogP contribution in [-0.4, -0.2) is 29.0 Å². The van der Waals surface area contributed by atoms with Gasteiger partial charge in [0.05, 0.1) is 4.99 Å². The molecule has 2 atom stereocenters. The van der Waals surface area contributed by atoms with Crippen molar-refractivity contribution in [1.29, 1.82) is 0 Å². The zero-order valence-electron chi connectivity index (χ0n) is 12.0. The highest BCUT2D eigenvalue weighted by molar-refractivity contribution is 7.80. The molecule has 2 N–H and O–H groups in total. The summed E-state index contributed by atoms with van der Waals surface area (Å²) in [4.78, 5) is 3.40. The highest BCUT2D eigenvalue weighted by Crippen LogP contribution is 2.36. The Morgan fingerprint density at radius 2 is 2.00 bits per heavy atom. The van der Waals surface area contributed by atoms with Crippen LogP contribution >= 0.6 is 12.2 Å². The highest BCUT2D eigenvalue weighted by Gasteiger charge is 2.35. The Morgan fingerprint density at radius 1 is 1.28 bits per heavy atom. The molecule has 2 fully saturated rings. The fourth-order valence-electron chi connectivity index (χ4n) is 3.63. The first-order chi connectivity index (χ1) is 8.50. The summed E-state index contributed by atoms with van der Waals surface area (Å²) in [5.74, 6) is 1.00. The molecular formula is C15H28N2S. The van der Waals surface area contributed by atoms with E-state index in [-0.39, 0.29) is 5.41 Å². The summed E-state index contributed by atoms with van der Waals surface area (Å²) in [6.07, 6.45) is 9.59. The fourth-order valence-corrected chi connectivity index (χ4v) is 3.73. The number of hydrogen-bond acceptors (Lipinski definition) is 2. The minimum Gasteiger partial charge on any atom is -0.393 e. The van der Waals surface area contributed by atoms with Crippen LogP contribution in [0, 0.1) is 11.3 Å². The van der Waals surface area contributed by atoms with E-state index in [4.69, 9.17) is 18.0 Å². The average Bonchev–Trinajstić information content (AvgIpc) is 2.72. The summed E-state index contributed by atoms with van der Waals surface area (Å²) >= 11 is 5.14. The lowest BCUT2D eigenvalue weighted by molar-refractivity contribution is 0.176. The molecule has 0 aromatic heterocycles. The minimum atomic E-state index is 0.0288. The second-order valence-corrected chi connectivity index (χ2v) is 7.23. The molecule has 0 spiro atoms. The number of hydrogen-bond donors (Lipinski definition) is 1. The Morgan fingerprint density at radius 3 is 2.72 bits per heavy atom. The molecule has 0 bridgehead atoms. The lowest BCUT2D eigenvalue weighted by Crippen LogP contribution is -2.36. The normalized spacial score (nSPS) is 29.2. The molecule has 2 aliphatic rings. The van der Waals surface area contributed by atoms with E-state index >= 15 is 0 Å². The Bertz CT molecular complexity index is 301. The van der Waals surface area contributed by atoms with Crippen molar-refractivity contribution in [3.63, 3.8) is 0 Å². The third-order valence-electron chi connectivity index (χ3n) is 5.04. The minimum absolute atomic E-state index is 0.0288. The van der Waals surface area contributed by atoms with Crippen LogP contribution < -0.4 is 5.73 Å². The molecule has 0 amide bonds. The molecule has 3 heteroatoms. The predicted molar refractivity (Wildman–Crippen MR) is 81.7 cm³/mol. The molecule has 1 saturated heterocycles.